The van der Waals surface area contributed by atoms with Gasteiger partial charge in [0.2, 0.25) is 0 Å². The predicted octanol–water partition coefficient (Wildman–Crippen LogP) is 6.26. The molecule has 0 radical (unpaired) electrons. The molecule has 0 spiro atoms. The number of aryl methyl sites for hydroxylation is 3. The van der Waals surface area contributed by atoms with Crippen LogP contribution in [-0.4, -0.2) is 15.5 Å². The van der Waals surface area contributed by atoms with Crippen molar-refractivity contribution in [1.82, 2.24) is 14.9 Å². The average Bonchev–Trinajstić information content (AvgIpc) is 3.09. The number of nitrogens with one attached hydrogen (secondary N) is 1. The number of para-hydroxylation sites is 2. The van der Waals surface area contributed by atoms with E-state index in [2.05, 4.69) is 64.8 Å². The van der Waals surface area contributed by atoms with E-state index in [0.29, 0.717) is 12.1 Å². The molecule has 0 aliphatic rings. The molecule has 1 N–H and O–H groups in total. The number of fused-ring (bicyclic) bond motifs is 1. The molecular formula is C26H26BrN3O. The number of carbonyl (C=O) groups is 1. The maximum Gasteiger partial charge on any atom is 0.251 e. The normalized spacial score (nSPS) is 12.2. The highest BCUT2D eigenvalue weighted by Gasteiger charge is 2.20. The van der Waals surface area contributed by atoms with E-state index in [4.69, 9.17) is 4.98 Å². The van der Waals surface area contributed by atoms with Gasteiger partial charge in [-0.25, -0.2) is 4.98 Å². The lowest BCUT2D eigenvalue weighted by Crippen LogP contribution is -2.29. The summed E-state index contributed by atoms with van der Waals surface area (Å²) in [6.07, 6.45) is 0. The van der Waals surface area contributed by atoms with Crippen molar-refractivity contribution in [2.45, 2.75) is 40.3 Å². The van der Waals surface area contributed by atoms with Gasteiger partial charge in [0.1, 0.15) is 5.82 Å². The molecule has 0 aliphatic carbocycles. The second kappa shape index (κ2) is 8.67. The molecule has 0 saturated heterocycles. The zero-order chi connectivity index (χ0) is 22.1. The van der Waals surface area contributed by atoms with Gasteiger partial charge in [0.05, 0.1) is 17.1 Å². The van der Waals surface area contributed by atoms with Gasteiger partial charge < -0.3 is 9.88 Å². The fourth-order valence-corrected chi connectivity index (χ4v) is 4.58. The summed E-state index contributed by atoms with van der Waals surface area (Å²) >= 11 is 3.44. The fraction of sp³-hybridized carbons (Fsp3) is 0.231. The number of hydrogen-bond donors (Lipinski definition) is 1. The van der Waals surface area contributed by atoms with Crippen molar-refractivity contribution >= 4 is 32.9 Å². The maximum atomic E-state index is 12.8. The molecule has 1 aromatic heterocycles. The van der Waals surface area contributed by atoms with Gasteiger partial charge in [-0.15, -0.1) is 0 Å². The van der Waals surface area contributed by atoms with Crippen molar-refractivity contribution in [3.63, 3.8) is 0 Å². The Bertz CT molecular complexity index is 1250. The van der Waals surface area contributed by atoms with E-state index in [1.165, 1.54) is 22.3 Å². The number of carbonyl (C=O) groups excluding carboxylic acids is 1. The van der Waals surface area contributed by atoms with Gasteiger partial charge in [0.25, 0.3) is 5.91 Å². The van der Waals surface area contributed by atoms with Crippen LogP contribution in [-0.2, 0) is 6.54 Å². The van der Waals surface area contributed by atoms with Gasteiger partial charge in [-0.3, -0.25) is 4.79 Å². The summed E-state index contributed by atoms with van der Waals surface area (Å²) in [6.45, 7) is 9.15. The summed E-state index contributed by atoms with van der Waals surface area (Å²) in [4.78, 5) is 17.7. The van der Waals surface area contributed by atoms with Crippen molar-refractivity contribution in [3.05, 3.63) is 98.8 Å². The summed E-state index contributed by atoms with van der Waals surface area (Å²) < 4.78 is 3.11. The highest BCUT2D eigenvalue weighted by Crippen LogP contribution is 2.25. The highest BCUT2D eigenvalue weighted by atomic mass is 79.9. The SMILES string of the molecule is Cc1cc(C)c(Cn2c(C(C)NC(=O)c3cccc(Br)c3)nc3ccccc32)c(C)c1. The number of hydrogen-bond acceptors (Lipinski definition) is 2. The van der Waals surface area contributed by atoms with E-state index in [0.717, 1.165) is 21.3 Å². The van der Waals surface area contributed by atoms with Crippen molar-refractivity contribution in [2.24, 2.45) is 0 Å². The molecule has 0 bridgehead atoms. The van der Waals surface area contributed by atoms with Gasteiger partial charge in [-0.1, -0.05) is 51.8 Å². The number of aromatic nitrogens is 2. The Morgan fingerprint density at radius 3 is 2.45 bits per heavy atom. The van der Waals surface area contributed by atoms with E-state index in [1.54, 1.807) is 0 Å². The first kappa shape index (κ1) is 21.3. The predicted molar refractivity (Wildman–Crippen MR) is 130 cm³/mol. The topological polar surface area (TPSA) is 46.9 Å². The second-order valence-electron chi connectivity index (χ2n) is 8.13. The Morgan fingerprint density at radius 2 is 1.74 bits per heavy atom. The highest BCUT2D eigenvalue weighted by molar-refractivity contribution is 9.10. The first-order valence-corrected chi connectivity index (χ1v) is 11.2. The Balaban J connectivity index is 1.72. The van der Waals surface area contributed by atoms with E-state index in [9.17, 15) is 4.79 Å². The molecule has 1 heterocycles. The quantitative estimate of drug-likeness (QED) is 0.370. The smallest absolute Gasteiger partial charge is 0.251 e. The fourth-order valence-electron chi connectivity index (χ4n) is 4.18. The minimum Gasteiger partial charge on any atom is -0.342 e. The van der Waals surface area contributed by atoms with Crippen molar-refractivity contribution in [1.29, 1.82) is 0 Å². The third kappa shape index (κ3) is 4.42. The molecule has 158 valence electrons. The Morgan fingerprint density at radius 1 is 1.03 bits per heavy atom. The molecule has 5 heteroatoms. The van der Waals surface area contributed by atoms with Crippen LogP contribution in [0.3, 0.4) is 0 Å². The zero-order valence-corrected chi connectivity index (χ0v) is 19.8. The zero-order valence-electron chi connectivity index (χ0n) is 18.2. The molecule has 1 atom stereocenters. The van der Waals surface area contributed by atoms with Crippen LogP contribution in [0.15, 0.2) is 65.1 Å². The third-order valence-electron chi connectivity index (χ3n) is 5.66. The molecule has 0 aliphatic heterocycles. The molecular weight excluding hydrogens is 450 g/mol. The van der Waals surface area contributed by atoms with Crippen LogP contribution in [0.1, 0.15) is 51.4 Å². The number of amides is 1. The maximum absolute atomic E-state index is 12.8. The van der Waals surface area contributed by atoms with E-state index >= 15 is 0 Å². The number of benzene rings is 3. The van der Waals surface area contributed by atoms with Crippen LogP contribution in [0.4, 0.5) is 0 Å². The first-order valence-electron chi connectivity index (χ1n) is 10.4. The molecule has 4 aromatic rings. The van der Waals surface area contributed by atoms with E-state index in [-0.39, 0.29) is 11.9 Å². The number of nitrogens with zero attached hydrogens (tertiary/aromatic N) is 2. The number of imidazole rings is 1. The van der Waals surface area contributed by atoms with Crippen molar-refractivity contribution in [3.8, 4) is 0 Å². The van der Waals surface area contributed by atoms with E-state index in [1.807, 2.05) is 49.4 Å². The number of rotatable bonds is 5. The van der Waals surface area contributed by atoms with Gasteiger partial charge in [-0.05, 0) is 74.7 Å². The largest absolute Gasteiger partial charge is 0.342 e. The minimum atomic E-state index is -0.245. The summed E-state index contributed by atoms with van der Waals surface area (Å²) in [6, 6.07) is 19.7. The van der Waals surface area contributed by atoms with Crippen molar-refractivity contribution in [2.75, 3.05) is 0 Å². The molecule has 4 rings (SSSR count). The Hall–Kier alpha value is -2.92. The molecule has 0 fully saturated rings. The van der Waals surface area contributed by atoms with Crippen LogP contribution in [0.5, 0.6) is 0 Å². The van der Waals surface area contributed by atoms with Gasteiger partial charge in [0, 0.05) is 16.6 Å². The van der Waals surface area contributed by atoms with Crippen LogP contribution in [0, 0.1) is 20.8 Å². The van der Waals surface area contributed by atoms with Gasteiger partial charge in [0.15, 0.2) is 0 Å². The monoisotopic (exact) mass is 475 g/mol. The summed E-state index contributed by atoms with van der Waals surface area (Å²) in [7, 11) is 0. The Kier molecular flexibility index (Phi) is 5.96. The lowest BCUT2D eigenvalue weighted by Gasteiger charge is -2.19. The van der Waals surface area contributed by atoms with Gasteiger partial charge >= 0.3 is 0 Å². The standard InChI is InChI=1S/C26H26BrN3O/c1-16-12-17(2)22(18(3)13-16)15-30-24-11-6-5-10-23(24)29-25(30)19(4)28-26(31)20-8-7-9-21(27)14-20/h5-14,19H,15H2,1-4H3,(H,28,31). The lowest BCUT2D eigenvalue weighted by atomic mass is 9.99. The summed E-state index contributed by atoms with van der Waals surface area (Å²) in [5.74, 6) is 0.735. The number of halogens is 1. The molecule has 3 aromatic carbocycles. The molecule has 1 unspecified atom stereocenters. The molecule has 31 heavy (non-hydrogen) atoms. The molecule has 0 saturated carbocycles. The molecule has 4 nitrogen and oxygen atoms in total. The average molecular weight is 476 g/mol. The molecule has 1 amide bonds. The van der Waals surface area contributed by atoms with Crippen LogP contribution >= 0.6 is 15.9 Å². The third-order valence-corrected chi connectivity index (χ3v) is 6.16. The Labute approximate surface area is 191 Å². The van der Waals surface area contributed by atoms with Crippen LogP contribution in [0.2, 0.25) is 0 Å². The van der Waals surface area contributed by atoms with E-state index < -0.39 is 0 Å². The summed E-state index contributed by atoms with van der Waals surface area (Å²) in [5.41, 5.74) is 7.72. The lowest BCUT2D eigenvalue weighted by molar-refractivity contribution is 0.0937. The van der Waals surface area contributed by atoms with Crippen LogP contribution < -0.4 is 5.32 Å². The minimum absolute atomic E-state index is 0.116. The first-order chi connectivity index (χ1) is 14.8. The summed E-state index contributed by atoms with van der Waals surface area (Å²) in [5, 5.41) is 3.12. The second-order valence-corrected chi connectivity index (χ2v) is 9.04. The van der Waals surface area contributed by atoms with Crippen LogP contribution in [0.25, 0.3) is 11.0 Å². The van der Waals surface area contributed by atoms with Gasteiger partial charge in [-0.2, -0.15) is 0 Å². The van der Waals surface area contributed by atoms with Crippen molar-refractivity contribution < 1.29 is 4.79 Å².